The summed E-state index contributed by atoms with van der Waals surface area (Å²) in [4.78, 5) is 25.9. The van der Waals surface area contributed by atoms with Crippen molar-refractivity contribution in [2.75, 3.05) is 13.2 Å². The zero-order valence-corrected chi connectivity index (χ0v) is 14.1. The van der Waals surface area contributed by atoms with E-state index in [-0.39, 0.29) is 18.5 Å². The van der Waals surface area contributed by atoms with E-state index in [1.54, 1.807) is 25.7 Å². The van der Waals surface area contributed by atoms with Gasteiger partial charge >= 0.3 is 6.09 Å². The molecule has 2 fully saturated rings. The van der Waals surface area contributed by atoms with Crippen LogP contribution in [0.1, 0.15) is 47.5 Å². The molecular weight excluding hydrogens is 284 g/mol. The highest BCUT2D eigenvalue weighted by Gasteiger charge is 2.43. The minimum Gasteiger partial charge on any atom is -0.444 e. The number of hydrogen-bond acceptors (Lipinski definition) is 4. The van der Waals surface area contributed by atoms with Gasteiger partial charge in [-0.3, -0.25) is 4.79 Å². The maximum atomic E-state index is 12.5. The summed E-state index contributed by atoms with van der Waals surface area (Å²) in [7, 11) is 0. The van der Waals surface area contributed by atoms with Crippen molar-refractivity contribution in [3.8, 4) is 0 Å². The van der Waals surface area contributed by atoms with Crippen molar-refractivity contribution in [2.24, 2.45) is 0 Å². The van der Waals surface area contributed by atoms with Crippen LogP contribution in [0.2, 0.25) is 0 Å². The van der Waals surface area contributed by atoms with E-state index in [1.807, 2.05) is 13.8 Å². The average molecular weight is 310 g/mol. The van der Waals surface area contributed by atoms with Gasteiger partial charge in [-0.2, -0.15) is 0 Å². The van der Waals surface area contributed by atoms with Gasteiger partial charge in [-0.15, -0.1) is 0 Å². The normalized spacial score (nSPS) is 23.2. The van der Waals surface area contributed by atoms with Gasteiger partial charge in [-0.05, 0) is 47.5 Å². The SMILES string of the molecule is CC(C)(C)OC(=O)NCC(=O)N1[C@@H](C=C2CC2)COC1(C)C. The van der Waals surface area contributed by atoms with Gasteiger partial charge < -0.3 is 19.7 Å². The van der Waals surface area contributed by atoms with Gasteiger partial charge in [0.15, 0.2) is 0 Å². The Balaban J connectivity index is 1.94. The molecule has 6 nitrogen and oxygen atoms in total. The van der Waals surface area contributed by atoms with E-state index in [4.69, 9.17) is 9.47 Å². The van der Waals surface area contributed by atoms with Crippen LogP contribution < -0.4 is 5.32 Å². The predicted molar refractivity (Wildman–Crippen MR) is 82.2 cm³/mol. The van der Waals surface area contributed by atoms with Crippen molar-refractivity contribution in [1.29, 1.82) is 0 Å². The van der Waals surface area contributed by atoms with Crippen molar-refractivity contribution in [2.45, 2.75) is 64.8 Å². The van der Waals surface area contributed by atoms with Gasteiger partial charge in [0, 0.05) is 0 Å². The Morgan fingerprint density at radius 1 is 1.41 bits per heavy atom. The van der Waals surface area contributed by atoms with E-state index < -0.39 is 17.4 Å². The van der Waals surface area contributed by atoms with E-state index in [9.17, 15) is 9.59 Å². The fraction of sp³-hybridized carbons (Fsp3) is 0.750. The zero-order chi connectivity index (χ0) is 16.5. The first-order valence-corrected chi connectivity index (χ1v) is 7.71. The molecular formula is C16H26N2O4. The lowest BCUT2D eigenvalue weighted by Gasteiger charge is -2.33. The van der Waals surface area contributed by atoms with Crippen LogP contribution in [-0.2, 0) is 14.3 Å². The summed E-state index contributed by atoms with van der Waals surface area (Å²) in [5.74, 6) is -0.171. The van der Waals surface area contributed by atoms with Gasteiger partial charge in [0.1, 0.15) is 17.9 Å². The Labute approximate surface area is 131 Å². The Hall–Kier alpha value is -1.56. The summed E-state index contributed by atoms with van der Waals surface area (Å²) < 4.78 is 10.9. The molecule has 2 amide bonds. The molecule has 0 aromatic heterocycles. The van der Waals surface area contributed by atoms with Crippen molar-refractivity contribution in [3.63, 3.8) is 0 Å². The second kappa shape index (κ2) is 5.91. The summed E-state index contributed by atoms with van der Waals surface area (Å²) in [6.45, 7) is 9.47. The Bertz CT molecular complexity index is 485. The van der Waals surface area contributed by atoms with E-state index in [1.165, 1.54) is 5.57 Å². The molecule has 1 heterocycles. The molecule has 0 bridgehead atoms. The number of ether oxygens (including phenoxy) is 2. The summed E-state index contributed by atoms with van der Waals surface area (Å²) in [6.07, 6.45) is 3.74. The number of carbonyl (C=O) groups excluding carboxylic acids is 2. The van der Waals surface area contributed by atoms with Crippen molar-refractivity contribution >= 4 is 12.0 Å². The first-order valence-electron chi connectivity index (χ1n) is 7.71. The second-order valence-corrected chi connectivity index (χ2v) is 7.27. The van der Waals surface area contributed by atoms with E-state index in [0.717, 1.165) is 12.8 Å². The number of rotatable bonds is 3. The molecule has 1 aliphatic heterocycles. The first kappa shape index (κ1) is 16.8. The van der Waals surface area contributed by atoms with Crippen LogP contribution in [0.4, 0.5) is 4.79 Å². The van der Waals surface area contributed by atoms with Crippen molar-refractivity contribution < 1.29 is 19.1 Å². The molecule has 22 heavy (non-hydrogen) atoms. The van der Waals surface area contributed by atoms with Crippen LogP contribution in [-0.4, -0.2) is 47.4 Å². The predicted octanol–water partition coefficient (Wildman–Crippen LogP) is 2.19. The van der Waals surface area contributed by atoms with Gasteiger partial charge in [-0.1, -0.05) is 11.6 Å². The summed E-state index contributed by atoms with van der Waals surface area (Å²) >= 11 is 0. The minimum atomic E-state index is -0.663. The Kier molecular flexibility index (Phi) is 4.52. The molecule has 1 saturated heterocycles. The highest BCUT2D eigenvalue weighted by molar-refractivity contribution is 5.83. The summed E-state index contributed by atoms with van der Waals surface area (Å²) in [5.41, 5.74) is 0.120. The molecule has 6 heteroatoms. The van der Waals surface area contributed by atoms with Gasteiger partial charge in [-0.25, -0.2) is 4.79 Å². The maximum absolute atomic E-state index is 12.5. The van der Waals surface area contributed by atoms with Crippen molar-refractivity contribution in [3.05, 3.63) is 11.6 Å². The number of alkyl carbamates (subject to hydrolysis) is 1. The van der Waals surface area contributed by atoms with Crippen LogP contribution in [0.15, 0.2) is 11.6 Å². The van der Waals surface area contributed by atoms with Crippen molar-refractivity contribution in [1.82, 2.24) is 10.2 Å². The number of nitrogens with zero attached hydrogens (tertiary/aromatic N) is 1. The van der Waals surface area contributed by atoms with Crippen LogP contribution in [0.25, 0.3) is 0 Å². The monoisotopic (exact) mass is 310 g/mol. The number of nitrogens with one attached hydrogen (secondary N) is 1. The quantitative estimate of drug-likeness (QED) is 0.811. The van der Waals surface area contributed by atoms with E-state index in [2.05, 4.69) is 11.4 Å². The lowest BCUT2D eigenvalue weighted by Crippen LogP contribution is -2.51. The topological polar surface area (TPSA) is 67.9 Å². The molecule has 1 aliphatic carbocycles. The third kappa shape index (κ3) is 4.47. The zero-order valence-electron chi connectivity index (χ0n) is 14.1. The molecule has 124 valence electrons. The van der Waals surface area contributed by atoms with E-state index >= 15 is 0 Å². The minimum absolute atomic E-state index is 0.0552. The molecule has 1 atom stereocenters. The molecule has 1 saturated carbocycles. The first-order chi connectivity index (χ1) is 10.1. The van der Waals surface area contributed by atoms with Crippen LogP contribution in [0.5, 0.6) is 0 Å². The highest BCUT2D eigenvalue weighted by atomic mass is 16.6. The third-order valence-corrected chi connectivity index (χ3v) is 3.54. The van der Waals surface area contributed by atoms with Gasteiger partial charge in [0.2, 0.25) is 5.91 Å². The maximum Gasteiger partial charge on any atom is 0.408 e. The largest absolute Gasteiger partial charge is 0.444 e. The van der Waals surface area contributed by atoms with Gasteiger partial charge in [0.25, 0.3) is 0 Å². The van der Waals surface area contributed by atoms with Crippen LogP contribution in [0, 0.1) is 0 Å². The summed E-state index contributed by atoms with van der Waals surface area (Å²) in [5, 5.41) is 2.51. The lowest BCUT2D eigenvalue weighted by atomic mass is 10.2. The number of allylic oxidation sites excluding steroid dienone is 1. The number of carbonyl (C=O) groups is 2. The van der Waals surface area contributed by atoms with Crippen LogP contribution >= 0.6 is 0 Å². The molecule has 2 rings (SSSR count). The third-order valence-electron chi connectivity index (χ3n) is 3.54. The number of amides is 2. The van der Waals surface area contributed by atoms with E-state index in [0.29, 0.717) is 6.61 Å². The molecule has 0 spiro atoms. The average Bonchev–Trinajstić information content (AvgIpc) is 3.10. The molecule has 0 radical (unpaired) electrons. The van der Waals surface area contributed by atoms with Crippen LogP contribution in [0.3, 0.4) is 0 Å². The smallest absolute Gasteiger partial charge is 0.408 e. The van der Waals surface area contributed by atoms with Gasteiger partial charge in [0.05, 0.1) is 12.6 Å². The summed E-state index contributed by atoms with van der Waals surface area (Å²) in [6, 6.07) is -0.0552. The lowest BCUT2D eigenvalue weighted by molar-refractivity contribution is -0.144. The Morgan fingerprint density at radius 3 is 2.59 bits per heavy atom. The highest BCUT2D eigenvalue weighted by Crippen LogP contribution is 2.33. The Morgan fingerprint density at radius 2 is 2.05 bits per heavy atom. The second-order valence-electron chi connectivity index (χ2n) is 7.27. The molecule has 0 aromatic rings. The molecule has 0 unspecified atom stereocenters. The molecule has 1 N–H and O–H groups in total. The number of hydrogen-bond donors (Lipinski definition) is 1. The fourth-order valence-electron chi connectivity index (χ4n) is 2.50. The molecule has 2 aliphatic rings. The standard InChI is InChI=1S/C16H26N2O4/c1-15(2,3)22-14(20)17-9-13(19)18-12(8-11-6-7-11)10-21-16(18,4)5/h8,12H,6-7,9-10H2,1-5H3,(H,17,20)/t12-/m0/s1. The molecule has 0 aromatic carbocycles. The fourth-order valence-corrected chi connectivity index (χ4v) is 2.50.